The molecule has 4 aromatic carbocycles. The molecule has 0 N–H and O–H groups in total. The topological polar surface area (TPSA) is 111 Å². The molecule has 2 aliphatic heterocycles. The predicted octanol–water partition coefficient (Wildman–Crippen LogP) is 10.6. The Morgan fingerprint density at radius 1 is 0.421 bits per heavy atom. The number of hydrogen-bond donors (Lipinski definition) is 0. The maximum atomic E-state index is 10.7. The summed E-state index contributed by atoms with van der Waals surface area (Å²) in [4.78, 5) is 21.2. The molecule has 0 spiro atoms. The summed E-state index contributed by atoms with van der Waals surface area (Å²) in [7, 11) is -6.09. The minimum atomic E-state index is -6.09. The Morgan fingerprint density at radius 3 is 0.825 bits per heavy atom. The van der Waals surface area contributed by atoms with Crippen molar-refractivity contribution in [3.05, 3.63) is 168 Å². The monoisotopic (exact) mass is 816 g/mol. The van der Waals surface area contributed by atoms with Gasteiger partial charge in [-0.2, -0.15) is 13.2 Å². The maximum Gasteiger partial charge on any atom is 3.00 e. The third-order valence-electron chi connectivity index (χ3n) is 9.14. The summed E-state index contributed by atoms with van der Waals surface area (Å²) < 4.78 is 58.9. The fraction of sp³-hybridized carbons (Fsp3) is 0.0222. The summed E-state index contributed by atoms with van der Waals surface area (Å²) >= 11 is 0. The predicted molar refractivity (Wildman–Crippen MR) is 214 cm³/mol. The number of rotatable bonds is 4. The number of hydrogen-bond acceptors (Lipinski definition) is 5. The third-order valence-corrected chi connectivity index (χ3v) is 9.71. The van der Waals surface area contributed by atoms with Gasteiger partial charge in [0.05, 0.1) is 22.8 Å². The largest absolute Gasteiger partial charge is 3.00 e. The molecule has 57 heavy (non-hydrogen) atoms. The summed E-state index contributed by atoms with van der Waals surface area (Å²) in [5, 5.41) is 0. The van der Waals surface area contributed by atoms with E-state index in [0.29, 0.717) is 0 Å². The van der Waals surface area contributed by atoms with Crippen LogP contribution in [0.5, 0.6) is 0 Å². The van der Waals surface area contributed by atoms with E-state index in [-0.39, 0.29) is 17.1 Å². The van der Waals surface area contributed by atoms with Gasteiger partial charge in [-0.25, -0.2) is 18.4 Å². The smallest absolute Gasteiger partial charge is 0.741 e. The minimum Gasteiger partial charge on any atom is -0.741 e. The van der Waals surface area contributed by atoms with E-state index in [1.54, 1.807) is 0 Å². The standard InChI is InChI=1S/C44H28N4.CHF3O3S.Mn/c1-5-13-29(14-6-1)41-33-21-23-35(45-33)42(30-15-7-2-8-16-30)37-25-27-39(47-37)44(32-19-11-4-12-20-32)40-28-26-38(48-40)43(31-17-9-3-10-18-31)36-24-22-34(41)46-36;2-1(3,4)8(5,6)7;/h1-28H;(H,5,6,7);/q-2;;+3/p-1. The average molecular weight is 817 g/mol. The van der Waals surface area contributed by atoms with Crippen LogP contribution in [0.3, 0.4) is 0 Å². The first-order valence-corrected chi connectivity index (χ1v) is 18.8. The van der Waals surface area contributed by atoms with Gasteiger partial charge in [0, 0.05) is 0 Å². The molecule has 3 aromatic heterocycles. The molecular weight excluding hydrogens is 789 g/mol. The Balaban J connectivity index is 0.000000501. The fourth-order valence-electron chi connectivity index (χ4n) is 6.69. The van der Waals surface area contributed by atoms with E-state index in [0.717, 1.165) is 89.4 Å². The van der Waals surface area contributed by atoms with Gasteiger partial charge in [-0.05, 0) is 68.8 Å². The van der Waals surface area contributed by atoms with Gasteiger partial charge in [0.15, 0.2) is 10.1 Å². The van der Waals surface area contributed by atoms with Crippen LogP contribution in [0, 0.1) is 0 Å². The Bertz CT molecular complexity index is 2570. The Hall–Kier alpha value is -6.30. The first-order valence-electron chi connectivity index (χ1n) is 17.3. The molecule has 0 saturated heterocycles. The summed E-state index contributed by atoms with van der Waals surface area (Å²) in [6.45, 7) is 0. The summed E-state index contributed by atoms with van der Waals surface area (Å²) in [5.41, 5.74) is 9.38. The number of halogens is 3. The first kappa shape index (κ1) is 39.0. The van der Waals surface area contributed by atoms with Crippen molar-refractivity contribution >= 4 is 56.5 Å². The summed E-state index contributed by atoms with van der Waals surface area (Å²) in [6.07, 6.45) is 8.41. The van der Waals surface area contributed by atoms with Crippen LogP contribution >= 0.6 is 0 Å². The molecule has 0 radical (unpaired) electrons. The van der Waals surface area contributed by atoms with Gasteiger partial charge in [-0.3, -0.25) is 0 Å². The quantitative estimate of drug-likeness (QED) is 0.0988. The Kier molecular flexibility index (Phi) is 11.0. The molecule has 12 heteroatoms. The van der Waals surface area contributed by atoms with Crippen molar-refractivity contribution in [3.63, 3.8) is 0 Å². The SMILES string of the molecule is C1=Cc2nc1c(-c1ccccc1)c1ccc([n-]1)c(-c1ccccc1)c1nc(c(-c3ccccc3)c3ccc([n-]3)c2-c2ccccc2)C=C1.O=S(=O)([O-])C(F)(F)F.[Mn+3]. The molecule has 2 aliphatic rings. The van der Waals surface area contributed by atoms with E-state index in [4.69, 9.17) is 32.9 Å². The van der Waals surface area contributed by atoms with Crippen molar-refractivity contribution in [2.75, 3.05) is 0 Å². The summed E-state index contributed by atoms with van der Waals surface area (Å²) in [6, 6.07) is 50.0. The number of aromatic nitrogens is 4. The molecule has 7 aromatic rings. The van der Waals surface area contributed by atoms with Crippen molar-refractivity contribution in [2.45, 2.75) is 5.51 Å². The molecule has 280 valence electrons. The van der Waals surface area contributed by atoms with Gasteiger partial charge in [0.2, 0.25) is 0 Å². The molecule has 0 saturated carbocycles. The van der Waals surface area contributed by atoms with Gasteiger partial charge >= 0.3 is 22.6 Å². The molecule has 0 fully saturated rings. The Morgan fingerprint density at radius 2 is 0.632 bits per heavy atom. The van der Waals surface area contributed by atoms with E-state index < -0.39 is 15.6 Å². The number of fused-ring (bicyclic) bond motifs is 8. The number of nitrogens with zero attached hydrogens (tertiary/aromatic N) is 4. The van der Waals surface area contributed by atoms with Crippen LogP contribution in [0.2, 0.25) is 0 Å². The van der Waals surface area contributed by atoms with Crippen molar-refractivity contribution in [3.8, 4) is 44.5 Å². The zero-order chi connectivity index (χ0) is 38.9. The third kappa shape index (κ3) is 8.03. The zero-order valence-corrected chi connectivity index (χ0v) is 31.6. The van der Waals surface area contributed by atoms with Crippen molar-refractivity contribution in [2.24, 2.45) is 0 Å². The molecular formula is C45H28F3MnN4O3S. The van der Waals surface area contributed by atoms with E-state index in [2.05, 4.69) is 146 Å². The minimum absolute atomic E-state index is 0. The molecule has 8 bridgehead atoms. The van der Waals surface area contributed by atoms with Gasteiger partial charge in [-0.15, -0.1) is 22.1 Å². The normalized spacial score (nSPS) is 12.1. The van der Waals surface area contributed by atoms with E-state index in [1.165, 1.54) is 0 Å². The van der Waals surface area contributed by atoms with Gasteiger partial charge < -0.3 is 14.5 Å². The molecule has 5 heterocycles. The van der Waals surface area contributed by atoms with Crippen LogP contribution in [0.1, 0.15) is 22.8 Å². The van der Waals surface area contributed by atoms with E-state index in [1.807, 2.05) is 24.3 Å². The van der Waals surface area contributed by atoms with E-state index >= 15 is 0 Å². The zero-order valence-electron chi connectivity index (χ0n) is 29.6. The molecule has 0 aliphatic carbocycles. The van der Waals surface area contributed by atoms with Crippen molar-refractivity contribution < 1.29 is 43.2 Å². The molecule has 9 rings (SSSR count). The van der Waals surface area contributed by atoms with Crippen molar-refractivity contribution in [1.82, 2.24) is 19.9 Å². The molecule has 0 amide bonds. The average Bonchev–Trinajstić information content (AvgIpc) is 4.04. The van der Waals surface area contributed by atoms with Crippen LogP contribution in [0.25, 0.3) is 90.9 Å². The maximum absolute atomic E-state index is 10.7. The van der Waals surface area contributed by atoms with Crippen LogP contribution in [0.15, 0.2) is 146 Å². The number of alkyl halides is 3. The van der Waals surface area contributed by atoms with Crippen LogP contribution < -0.4 is 9.97 Å². The Labute approximate surface area is 336 Å². The van der Waals surface area contributed by atoms with Gasteiger partial charge in [0.1, 0.15) is 0 Å². The second-order valence-corrected chi connectivity index (χ2v) is 14.1. The van der Waals surface area contributed by atoms with Crippen LogP contribution in [-0.2, 0) is 27.2 Å². The second-order valence-electron chi connectivity index (χ2n) is 12.7. The fourth-order valence-corrected chi connectivity index (χ4v) is 6.69. The first-order chi connectivity index (χ1) is 27.0. The molecule has 7 nitrogen and oxygen atoms in total. The van der Waals surface area contributed by atoms with Crippen LogP contribution in [-0.4, -0.2) is 28.4 Å². The summed E-state index contributed by atoms with van der Waals surface area (Å²) in [5.74, 6) is 0. The van der Waals surface area contributed by atoms with Crippen LogP contribution in [0.4, 0.5) is 13.2 Å². The molecule has 0 atom stereocenters. The van der Waals surface area contributed by atoms with Gasteiger partial charge in [-0.1, -0.05) is 146 Å². The van der Waals surface area contributed by atoms with E-state index in [9.17, 15) is 13.2 Å². The number of benzene rings is 4. The van der Waals surface area contributed by atoms with Gasteiger partial charge in [0.25, 0.3) is 0 Å². The molecule has 0 unspecified atom stereocenters. The van der Waals surface area contributed by atoms with Crippen molar-refractivity contribution in [1.29, 1.82) is 0 Å². The second kappa shape index (κ2) is 16.0.